The molecule has 23 heavy (non-hydrogen) atoms. The fourth-order valence-electron chi connectivity index (χ4n) is 2.27. The minimum Gasteiger partial charge on any atom is -0.292 e. The van der Waals surface area contributed by atoms with Gasteiger partial charge in [0.2, 0.25) is 5.13 Å². The summed E-state index contributed by atoms with van der Waals surface area (Å²) >= 11 is 1.19. The number of nitrogens with zero attached hydrogens (tertiary/aromatic N) is 2. The Hall–Kier alpha value is -2.34. The number of rotatable bonds is 3. The fourth-order valence-corrected chi connectivity index (χ4v) is 3.19. The topological polar surface area (TPSA) is 67.3 Å². The average molecular weight is 330 g/mol. The molecule has 0 spiro atoms. The molecule has 0 radical (unpaired) electrons. The van der Waals surface area contributed by atoms with E-state index in [2.05, 4.69) is 4.98 Å². The van der Waals surface area contributed by atoms with Gasteiger partial charge in [-0.3, -0.25) is 14.4 Å². The van der Waals surface area contributed by atoms with Crippen molar-refractivity contribution in [3.8, 4) is 0 Å². The number of anilines is 1. The Bertz CT molecular complexity index is 745. The van der Waals surface area contributed by atoms with E-state index in [-0.39, 0.29) is 22.7 Å². The Morgan fingerprint density at radius 2 is 1.65 bits per heavy atom. The van der Waals surface area contributed by atoms with E-state index in [1.165, 1.54) is 11.3 Å². The number of fused-ring (bicyclic) bond motifs is 1. The van der Waals surface area contributed by atoms with Crippen molar-refractivity contribution in [1.82, 2.24) is 4.98 Å². The van der Waals surface area contributed by atoms with E-state index in [0.717, 1.165) is 4.90 Å². The molecule has 1 aliphatic heterocycles. The normalized spacial score (nSPS) is 12.8. The third-order valence-corrected chi connectivity index (χ3v) is 4.31. The summed E-state index contributed by atoms with van der Waals surface area (Å²) in [5.41, 5.74) is 1.09. The number of aryl methyl sites for hydroxylation is 1. The van der Waals surface area contributed by atoms with E-state index < -0.39 is 0 Å². The first kappa shape index (κ1) is 17.0. The van der Waals surface area contributed by atoms with Gasteiger partial charge in [0.1, 0.15) is 5.69 Å². The zero-order valence-electron chi connectivity index (χ0n) is 13.5. The van der Waals surface area contributed by atoms with Crippen molar-refractivity contribution in [2.24, 2.45) is 0 Å². The van der Waals surface area contributed by atoms with Gasteiger partial charge in [0.05, 0.1) is 11.1 Å². The van der Waals surface area contributed by atoms with Gasteiger partial charge in [-0.15, -0.1) is 11.3 Å². The predicted molar refractivity (Wildman–Crippen MR) is 90.4 cm³/mol. The number of aromatic nitrogens is 1. The van der Waals surface area contributed by atoms with Crippen molar-refractivity contribution >= 4 is 34.1 Å². The summed E-state index contributed by atoms with van der Waals surface area (Å²) in [6.07, 6.45) is 0.339. The molecule has 0 atom stereocenters. The van der Waals surface area contributed by atoms with Crippen LogP contribution in [-0.2, 0) is 0 Å². The summed E-state index contributed by atoms with van der Waals surface area (Å²) in [6, 6.07) is 6.67. The molecule has 0 aliphatic carbocycles. The molecule has 0 fully saturated rings. The van der Waals surface area contributed by atoms with E-state index in [4.69, 9.17) is 0 Å². The van der Waals surface area contributed by atoms with Crippen LogP contribution in [0.3, 0.4) is 0 Å². The second kappa shape index (κ2) is 6.83. The maximum absolute atomic E-state index is 12.4. The first-order chi connectivity index (χ1) is 11.0. The average Bonchev–Trinajstić information content (AvgIpc) is 3.07. The minimum atomic E-state index is -0.389. The number of hydrogen-bond acceptors (Lipinski definition) is 5. The first-order valence-electron chi connectivity index (χ1n) is 7.53. The number of imide groups is 1. The fraction of sp³-hybridized carbons (Fsp3) is 0.294. The lowest BCUT2D eigenvalue weighted by atomic mass is 10.1. The van der Waals surface area contributed by atoms with Gasteiger partial charge in [-0.1, -0.05) is 32.9 Å². The lowest BCUT2D eigenvalue weighted by Crippen LogP contribution is -2.29. The number of carbonyl (C=O) groups is 3. The van der Waals surface area contributed by atoms with Crippen LogP contribution in [0.25, 0.3) is 0 Å². The summed E-state index contributed by atoms with van der Waals surface area (Å²) in [5, 5.41) is 0.260. The van der Waals surface area contributed by atoms with Crippen LogP contribution in [0.5, 0.6) is 0 Å². The molecule has 0 N–H and O–H groups in total. The molecule has 0 unspecified atom stereocenters. The van der Waals surface area contributed by atoms with Crippen LogP contribution in [0.2, 0.25) is 0 Å². The van der Waals surface area contributed by atoms with Crippen LogP contribution >= 0.6 is 11.3 Å². The van der Waals surface area contributed by atoms with E-state index >= 15 is 0 Å². The second-order valence-corrected chi connectivity index (χ2v) is 5.85. The predicted octanol–water partition coefficient (Wildman–Crippen LogP) is 3.87. The molecule has 1 aliphatic rings. The Kier molecular flexibility index (Phi) is 5.05. The third-order valence-electron chi connectivity index (χ3n) is 3.36. The summed E-state index contributed by atoms with van der Waals surface area (Å²) in [5.74, 6) is -0.869. The molecule has 2 heterocycles. The van der Waals surface area contributed by atoms with Crippen LogP contribution in [0.15, 0.2) is 24.3 Å². The summed E-state index contributed by atoms with van der Waals surface area (Å²) in [7, 11) is 0. The Labute approximate surface area is 139 Å². The van der Waals surface area contributed by atoms with Gasteiger partial charge in [0.15, 0.2) is 5.78 Å². The smallest absolute Gasteiger partial charge is 0.268 e. The third kappa shape index (κ3) is 2.82. The van der Waals surface area contributed by atoms with Gasteiger partial charge in [0.25, 0.3) is 11.8 Å². The Balaban J connectivity index is 0.000000924. The zero-order valence-corrected chi connectivity index (χ0v) is 14.4. The summed E-state index contributed by atoms with van der Waals surface area (Å²) in [6.45, 7) is 7.52. The van der Waals surface area contributed by atoms with E-state index in [1.54, 1.807) is 38.1 Å². The lowest BCUT2D eigenvalue weighted by molar-refractivity contribution is 0.0922. The zero-order chi connectivity index (χ0) is 17.1. The van der Waals surface area contributed by atoms with Crippen molar-refractivity contribution in [3.63, 3.8) is 0 Å². The van der Waals surface area contributed by atoms with Gasteiger partial charge in [-0.25, -0.2) is 9.88 Å². The molecule has 2 amide bonds. The van der Waals surface area contributed by atoms with Crippen molar-refractivity contribution in [3.05, 3.63) is 46.0 Å². The van der Waals surface area contributed by atoms with Crippen LogP contribution in [-0.4, -0.2) is 22.6 Å². The molecule has 2 aromatic rings. The monoisotopic (exact) mass is 330 g/mol. The number of hydrogen-bond donors (Lipinski definition) is 0. The number of amides is 2. The van der Waals surface area contributed by atoms with E-state index in [9.17, 15) is 14.4 Å². The molecule has 120 valence electrons. The Morgan fingerprint density at radius 3 is 2.13 bits per heavy atom. The maximum Gasteiger partial charge on any atom is 0.268 e. The van der Waals surface area contributed by atoms with Crippen molar-refractivity contribution in [2.45, 2.75) is 34.1 Å². The van der Waals surface area contributed by atoms with E-state index in [0.29, 0.717) is 28.1 Å². The van der Waals surface area contributed by atoms with E-state index in [1.807, 2.05) is 13.8 Å². The van der Waals surface area contributed by atoms with Gasteiger partial charge in [-0.2, -0.15) is 0 Å². The van der Waals surface area contributed by atoms with Crippen LogP contribution in [0.1, 0.15) is 63.3 Å². The summed E-state index contributed by atoms with van der Waals surface area (Å²) in [4.78, 5) is 42.5. The summed E-state index contributed by atoms with van der Waals surface area (Å²) < 4.78 is 0. The molecular weight excluding hydrogens is 312 g/mol. The van der Waals surface area contributed by atoms with Crippen LogP contribution < -0.4 is 4.90 Å². The van der Waals surface area contributed by atoms with Crippen molar-refractivity contribution in [2.75, 3.05) is 4.90 Å². The molecule has 5 nitrogen and oxygen atoms in total. The largest absolute Gasteiger partial charge is 0.292 e. The highest BCUT2D eigenvalue weighted by Crippen LogP contribution is 2.33. The highest BCUT2D eigenvalue weighted by Gasteiger charge is 2.38. The molecule has 0 saturated carbocycles. The number of carbonyl (C=O) groups excluding carboxylic acids is 3. The number of Topliss-reactive ketones (excluding diaryl/α,β-unsaturated/α-hetero) is 1. The standard InChI is InChI=1S/C15H12N2O3S.C2H6/c1-3-11(18)12-8(2)21-15(16-12)17-13(19)9-6-4-5-7-10(9)14(17)20;1-2/h4-7H,3H2,1-2H3;1-2H3. The van der Waals surface area contributed by atoms with Crippen LogP contribution in [0.4, 0.5) is 5.13 Å². The molecule has 3 rings (SSSR count). The second-order valence-electron chi connectivity index (χ2n) is 4.67. The molecular formula is C17H18N2O3S. The molecule has 1 aromatic heterocycles. The lowest BCUT2D eigenvalue weighted by Gasteiger charge is -2.08. The van der Waals surface area contributed by atoms with Crippen molar-refractivity contribution in [1.29, 1.82) is 0 Å². The molecule has 1 aromatic carbocycles. The maximum atomic E-state index is 12.4. The SMILES string of the molecule is CC.CCC(=O)c1nc(N2C(=O)c3ccccc3C2=O)sc1C. The molecule has 0 saturated heterocycles. The molecule has 0 bridgehead atoms. The highest BCUT2D eigenvalue weighted by molar-refractivity contribution is 7.16. The first-order valence-corrected chi connectivity index (χ1v) is 8.34. The quantitative estimate of drug-likeness (QED) is 0.633. The Morgan fingerprint density at radius 1 is 1.13 bits per heavy atom. The number of thiazole rings is 1. The number of benzene rings is 1. The van der Waals surface area contributed by atoms with Gasteiger partial charge in [0, 0.05) is 11.3 Å². The minimum absolute atomic E-state index is 0.0911. The van der Waals surface area contributed by atoms with Gasteiger partial charge >= 0.3 is 0 Å². The number of ketones is 1. The molecule has 6 heteroatoms. The van der Waals surface area contributed by atoms with Gasteiger partial charge < -0.3 is 0 Å². The van der Waals surface area contributed by atoms with Gasteiger partial charge in [-0.05, 0) is 19.1 Å². The highest BCUT2D eigenvalue weighted by atomic mass is 32.1. The van der Waals surface area contributed by atoms with Crippen LogP contribution in [0, 0.1) is 6.92 Å². The van der Waals surface area contributed by atoms with Crippen molar-refractivity contribution < 1.29 is 14.4 Å².